The molecule has 4 amide bonds. The van der Waals surface area contributed by atoms with Crippen molar-refractivity contribution in [2.45, 2.75) is 98.5 Å². The zero-order valence-corrected chi connectivity index (χ0v) is 40.5. The molecule has 8 rings (SSSR count). The van der Waals surface area contributed by atoms with Crippen LogP contribution in [0.15, 0.2) is 77.2 Å². The van der Waals surface area contributed by atoms with Gasteiger partial charge in [0.2, 0.25) is 17.7 Å². The highest BCUT2D eigenvalue weighted by Crippen LogP contribution is 2.40. The van der Waals surface area contributed by atoms with Crippen LogP contribution in [0.25, 0.3) is 26.6 Å². The largest absolute Gasteiger partial charge is 0.391 e. The molecule has 14 nitrogen and oxygen atoms in total. The normalized spacial score (nSPS) is 17.7. The third kappa shape index (κ3) is 9.32. The minimum absolute atomic E-state index is 0.00844. The van der Waals surface area contributed by atoms with Gasteiger partial charge in [0, 0.05) is 47.1 Å². The summed E-state index contributed by atoms with van der Waals surface area (Å²) in [5.74, 6) is -1.17. The number of benzene rings is 3. The third-order valence-corrected chi connectivity index (χ3v) is 14.8. The van der Waals surface area contributed by atoms with Crippen LogP contribution < -0.4 is 16.0 Å². The van der Waals surface area contributed by atoms with Crippen molar-refractivity contribution in [1.29, 1.82) is 0 Å². The molecule has 6 aromatic rings. The zero-order chi connectivity index (χ0) is 48.1. The highest BCUT2D eigenvalue weighted by Gasteiger charge is 2.45. The number of amides is 4. The first-order chi connectivity index (χ1) is 31.8. The summed E-state index contributed by atoms with van der Waals surface area (Å²) in [6.07, 6.45) is -0.831. The van der Waals surface area contributed by atoms with Crippen LogP contribution >= 0.6 is 22.7 Å². The number of hydrogen-bond acceptors (Lipinski definition) is 11. The topological polar surface area (TPSA) is 184 Å². The molecule has 3 aromatic heterocycles. The fourth-order valence-electron chi connectivity index (χ4n) is 8.73. The van der Waals surface area contributed by atoms with Gasteiger partial charge >= 0.3 is 0 Å². The van der Waals surface area contributed by atoms with Crippen molar-refractivity contribution in [2.24, 2.45) is 10.4 Å². The monoisotopic (exact) mass is 943 g/mol. The second-order valence-corrected chi connectivity index (χ2v) is 20.4. The van der Waals surface area contributed by atoms with E-state index < -0.39 is 59.2 Å². The molecule has 0 aliphatic carbocycles. The SMILES string of the molecule is CNC(=O)C[C@@H]1N=C(c2ccc(-c3ccc(C(=O)N[C@H](C(=O)N4C[C@H](O)C[C@H]4C(=O)N[C@@H](C)c4ccc(-c5scnc5C)cc4)C(C)(C)C)cc3F)cc2)c2c(sc(C)c2C)-n2c(C)nnc21. The number of likely N-dealkylation sites (tertiary alicyclic amines) is 1. The molecule has 0 unspecified atom stereocenters. The smallest absolute Gasteiger partial charge is 0.252 e. The lowest BCUT2D eigenvalue weighted by Gasteiger charge is -2.35. The number of aliphatic imine (C=N–C) groups is 1. The molecule has 5 atom stereocenters. The highest BCUT2D eigenvalue weighted by molar-refractivity contribution is 7.15. The summed E-state index contributed by atoms with van der Waals surface area (Å²) in [7, 11) is 1.58. The number of thiazole rings is 1. The first-order valence-corrected chi connectivity index (χ1v) is 23.9. The second-order valence-electron chi connectivity index (χ2n) is 18.3. The Balaban J connectivity index is 0.983. The number of carbonyl (C=O) groups is 4. The third-order valence-electron chi connectivity index (χ3n) is 12.6. The predicted molar refractivity (Wildman–Crippen MR) is 258 cm³/mol. The quantitative estimate of drug-likeness (QED) is 0.103. The molecular weight excluding hydrogens is 890 g/mol. The Morgan fingerprint density at radius 1 is 0.925 bits per heavy atom. The van der Waals surface area contributed by atoms with Gasteiger partial charge in [-0.05, 0) is 74.4 Å². The van der Waals surface area contributed by atoms with Gasteiger partial charge in [-0.25, -0.2) is 9.37 Å². The van der Waals surface area contributed by atoms with E-state index in [9.17, 15) is 24.3 Å². The summed E-state index contributed by atoms with van der Waals surface area (Å²) in [5.41, 5.74) is 8.08. The van der Waals surface area contributed by atoms with Crippen molar-refractivity contribution < 1.29 is 28.7 Å². The average molecular weight is 944 g/mol. The van der Waals surface area contributed by atoms with Gasteiger partial charge < -0.3 is 26.0 Å². The van der Waals surface area contributed by atoms with E-state index in [1.807, 2.05) is 68.7 Å². The molecule has 348 valence electrons. The van der Waals surface area contributed by atoms with Crippen LogP contribution in [0.3, 0.4) is 0 Å². The van der Waals surface area contributed by atoms with E-state index >= 15 is 4.39 Å². The minimum atomic E-state index is -1.12. The number of fused-ring (bicyclic) bond motifs is 3. The molecule has 17 heteroatoms. The van der Waals surface area contributed by atoms with Gasteiger partial charge in [0.05, 0.1) is 40.4 Å². The van der Waals surface area contributed by atoms with E-state index in [1.54, 1.807) is 68.1 Å². The lowest BCUT2D eigenvalue weighted by molar-refractivity contribution is -0.142. The molecule has 4 N–H and O–H groups in total. The van der Waals surface area contributed by atoms with Crippen molar-refractivity contribution in [2.75, 3.05) is 13.6 Å². The van der Waals surface area contributed by atoms with Crippen molar-refractivity contribution >= 4 is 52.0 Å². The molecule has 0 spiro atoms. The molecule has 67 heavy (non-hydrogen) atoms. The van der Waals surface area contributed by atoms with Crippen molar-refractivity contribution in [3.05, 3.63) is 128 Å². The van der Waals surface area contributed by atoms with E-state index in [0.717, 1.165) is 54.3 Å². The number of aliphatic hydroxyl groups is 1. The molecule has 0 saturated carbocycles. The Morgan fingerprint density at radius 3 is 2.25 bits per heavy atom. The Morgan fingerprint density at radius 2 is 1.61 bits per heavy atom. The van der Waals surface area contributed by atoms with Gasteiger partial charge in [-0.2, -0.15) is 0 Å². The van der Waals surface area contributed by atoms with Crippen LogP contribution in [-0.2, 0) is 14.4 Å². The molecule has 0 radical (unpaired) electrons. The van der Waals surface area contributed by atoms with Gasteiger partial charge in [0.1, 0.15) is 34.8 Å². The fourth-order valence-corrected chi connectivity index (χ4v) is 10.8. The standard InChI is InChI=1S/C50H54FN9O5S2/c1-25-28(4)67-49-41(25)42(55-38(22-40(62)52-9)45-58-57-29(5)60(45)49)32-14-12-31(13-15-32)36-19-18-34(20-37(36)51)46(63)56-44(50(6,7)8)48(65)59-23-35(61)21-39(59)47(64)54-26(2)30-10-16-33(17-11-30)43-27(3)53-24-66-43/h10-20,24,26,35,38-39,44,61H,21-23H2,1-9H3,(H,52,62)(H,54,64)(H,56,63)/t26-,35+,38-,39-,44+/m0/s1. The van der Waals surface area contributed by atoms with E-state index in [-0.39, 0.29) is 36.4 Å². The van der Waals surface area contributed by atoms with E-state index in [0.29, 0.717) is 22.9 Å². The number of aromatic nitrogens is 4. The molecule has 2 aliphatic heterocycles. The number of halogens is 1. The van der Waals surface area contributed by atoms with Crippen LogP contribution in [0.2, 0.25) is 0 Å². The number of aliphatic hydroxyl groups excluding tert-OH is 1. The summed E-state index contributed by atoms with van der Waals surface area (Å²) in [4.78, 5) is 67.7. The van der Waals surface area contributed by atoms with Crippen LogP contribution in [0.4, 0.5) is 4.39 Å². The number of β-amino-alcohol motifs (C(OH)–C–C–N with tert-alkyl or cyclic N) is 1. The maximum absolute atomic E-state index is 16.1. The lowest BCUT2D eigenvalue weighted by Crippen LogP contribution is -2.57. The number of aryl methyl sites for hydroxylation is 3. The lowest BCUT2D eigenvalue weighted by atomic mass is 9.85. The highest BCUT2D eigenvalue weighted by atomic mass is 32.1. The van der Waals surface area contributed by atoms with Crippen LogP contribution in [0.5, 0.6) is 0 Å². The van der Waals surface area contributed by atoms with Crippen molar-refractivity contribution in [1.82, 2.24) is 40.6 Å². The maximum Gasteiger partial charge on any atom is 0.252 e. The molecule has 5 heterocycles. The Kier molecular flexibility index (Phi) is 13.1. The summed E-state index contributed by atoms with van der Waals surface area (Å²) in [6, 6.07) is 16.3. The molecule has 1 fully saturated rings. The summed E-state index contributed by atoms with van der Waals surface area (Å²) >= 11 is 3.17. The average Bonchev–Trinajstić information content (AvgIpc) is 4.07. The summed E-state index contributed by atoms with van der Waals surface area (Å²) in [5, 5.41) is 29.0. The predicted octanol–water partition coefficient (Wildman–Crippen LogP) is 7.50. The van der Waals surface area contributed by atoms with Crippen LogP contribution in [0.1, 0.15) is 107 Å². The van der Waals surface area contributed by atoms with E-state index in [4.69, 9.17) is 4.99 Å². The maximum atomic E-state index is 16.1. The molecule has 0 bridgehead atoms. The number of hydrogen-bond donors (Lipinski definition) is 4. The fraction of sp³-hybridized carbons (Fsp3) is 0.360. The first-order valence-electron chi connectivity index (χ1n) is 22.2. The minimum Gasteiger partial charge on any atom is -0.391 e. The van der Waals surface area contributed by atoms with Gasteiger partial charge in [0.15, 0.2) is 5.82 Å². The number of thiophene rings is 1. The number of nitrogens with zero attached hydrogens (tertiary/aromatic N) is 6. The summed E-state index contributed by atoms with van der Waals surface area (Å²) in [6.45, 7) is 15.1. The Hall–Kier alpha value is -6.43. The zero-order valence-electron chi connectivity index (χ0n) is 38.9. The van der Waals surface area contributed by atoms with Gasteiger partial charge in [-0.3, -0.25) is 28.7 Å². The first kappa shape index (κ1) is 47.1. The molecule has 1 saturated heterocycles. The van der Waals surface area contributed by atoms with E-state index in [1.165, 1.54) is 17.0 Å². The van der Waals surface area contributed by atoms with Gasteiger partial charge in [0.25, 0.3) is 5.91 Å². The van der Waals surface area contributed by atoms with Crippen LogP contribution in [-0.4, -0.2) is 90.9 Å². The van der Waals surface area contributed by atoms with Crippen LogP contribution in [0, 0.1) is 38.9 Å². The van der Waals surface area contributed by atoms with Crippen molar-refractivity contribution in [3.63, 3.8) is 0 Å². The van der Waals surface area contributed by atoms with Crippen molar-refractivity contribution in [3.8, 4) is 26.6 Å². The number of carbonyl (C=O) groups excluding carboxylic acids is 4. The Labute approximate surface area is 396 Å². The number of nitrogens with one attached hydrogen (secondary N) is 3. The molecular formula is C50H54FN9O5S2. The van der Waals surface area contributed by atoms with Gasteiger partial charge in [-0.1, -0.05) is 75.4 Å². The second kappa shape index (κ2) is 18.7. The molecule has 3 aromatic carbocycles. The Bertz CT molecular complexity index is 2910. The van der Waals surface area contributed by atoms with E-state index in [2.05, 4.69) is 38.1 Å². The number of rotatable bonds is 11. The van der Waals surface area contributed by atoms with Gasteiger partial charge in [-0.15, -0.1) is 32.9 Å². The molecule has 2 aliphatic rings. The summed E-state index contributed by atoms with van der Waals surface area (Å²) < 4.78 is 18.1.